The van der Waals surface area contributed by atoms with Crippen molar-refractivity contribution in [3.05, 3.63) is 58.1 Å². The van der Waals surface area contributed by atoms with Crippen LogP contribution in [-0.2, 0) is 26.1 Å². The lowest BCUT2D eigenvalue weighted by Crippen LogP contribution is -2.54. The minimum Gasteiger partial charge on any atom is -0.323 e. The third kappa shape index (κ3) is 2.49. The maximum absolute atomic E-state index is 13.9. The van der Waals surface area contributed by atoms with Crippen LogP contribution in [0.5, 0.6) is 0 Å². The molecule has 3 fully saturated rings. The third-order valence-electron chi connectivity index (χ3n) is 7.65. The van der Waals surface area contributed by atoms with Crippen molar-refractivity contribution in [3.63, 3.8) is 0 Å². The van der Waals surface area contributed by atoms with Gasteiger partial charge >= 0.3 is 6.18 Å². The molecule has 3 amide bonds. The molecule has 176 valence electrons. The molecule has 34 heavy (non-hydrogen) atoms. The molecular formula is C24H19ClF3N3O3. The zero-order chi connectivity index (χ0) is 24.2. The van der Waals surface area contributed by atoms with Crippen LogP contribution in [0.3, 0.4) is 0 Å². The van der Waals surface area contributed by atoms with Crippen molar-refractivity contribution in [3.8, 4) is 0 Å². The lowest BCUT2D eigenvalue weighted by atomic mass is 9.75. The molecule has 4 heterocycles. The fraction of sp³-hybridized carbons (Fsp3) is 0.375. The van der Waals surface area contributed by atoms with Crippen LogP contribution in [0.25, 0.3) is 0 Å². The van der Waals surface area contributed by atoms with E-state index in [-0.39, 0.29) is 0 Å². The predicted octanol–water partition coefficient (Wildman–Crippen LogP) is 4.10. The first kappa shape index (κ1) is 21.6. The molecule has 0 bridgehead atoms. The van der Waals surface area contributed by atoms with Crippen LogP contribution in [0, 0.1) is 18.8 Å². The molecule has 4 aliphatic rings. The van der Waals surface area contributed by atoms with Crippen molar-refractivity contribution >= 4 is 40.7 Å². The van der Waals surface area contributed by atoms with Gasteiger partial charge in [-0.25, -0.2) is 4.90 Å². The molecule has 4 aliphatic heterocycles. The van der Waals surface area contributed by atoms with Crippen molar-refractivity contribution in [2.24, 2.45) is 11.8 Å². The number of carbonyl (C=O) groups excluding carboxylic acids is 3. The molecule has 0 aliphatic carbocycles. The zero-order valence-electron chi connectivity index (χ0n) is 17.9. The second-order valence-electron chi connectivity index (χ2n) is 9.32. The van der Waals surface area contributed by atoms with Crippen molar-refractivity contribution in [2.75, 3.05) is 16.8 Å². The van der Waals surface area contributed by atoms with E-state index in [1.165, 1.54) is 12.1 Å². The molecule has 6 nitrogen and oxygen atoms in total. The number of hydrogen-bond acceptors (Lipinski definition) is 4. The molecule has 0 unspecified atom stereocenters. The van der Waals surface area contributed by atoms with E-state index in [9.17, 15) is 27.6 Å². The van der Waals surface area contributed by atoms with Crippen molar-refractivity contribution in [2.45, 2.75) is 37.5 Å². The van der Waals surface area contributed by atoms with Gasteiger partial charge in [-0.2, -0.15) is 13.2 Å². The lowest BCUT2D eigenvalue weighted by molar-refractivity contribution is -0.138. The Hall–Kier alpha value is -2.91. The van der Waals surface area contributed by atoms with E-state index in [0.717, 1.165) is 17.7 Å². The standard InChI is InChI=1S/C24H19ClF3N3O3/c1-11-9-13-19(14(25)10-11)29-22(34)23(13)18-17(16-7-4-8-30(16)23)20(32)31(21(18)33)15-6-3-2-5-12(15)24(26,27)28/h2-3,5-6,9-10,16-18H,4,7-8H2,1H3,(H,29,34)/t16-,17+,18-,23+/m0/s1. The molecule has 2 aromatic carbocycles. The first-order chi connectivity index (χ1) is 16.1. The number of para-hydroxylation sites is 1. The average molecular weight is 490 g/mol. The normalized spacial score (nSPS) is 30.2. The van der Waals surface area contributed by atoms with Crippen molar-refractivity contribution in [1.29, 1.82) is 0 Å². The highest BCUT2D eigenvalue weighted by atomic mass is 35.5. The largest absolute Gasteiger partial charge is 0.418 e. The summed E-state index contributed by atoms with van der Waals surface area (Å²) in [7, 11) is 0. The molecule has 10 heteroatoms. The summed E-state index contributed by atoms with van der Waals surface area (Å²) in [5.74, 6) is -4.03. The van der Waals surface area contributed by atoms with E-state index in [2.05, 4.69) is 5.32 Å². The minimum atomic E-state index is -4.76. The Morgan fingerprint density at radius 3 is 2.59 bits per heavy atom. The molecule has 0 aromatic heterocycles. The number of aryl methyl sites for hydroxylation is 1. The monoisotopic (exact) mass is 489 g/mol. The van der Waals surface area contributed by atoms with Gasteiger partial charge < -0.3 is 5.32 Å². The number of halogens is 4. The first-order valence-corrected chi connectivity index (χ1v) is 11.4. The average Bonchev–Trinajstić information content (AvgIpc) is 3.46. The minimum absolute atomic E-state index is 0.315. The second kappa shape index (κ2) is 6.82. The molecule has 6 rings (SSSR count). The van der Waals surface area contributed by atoms with Gasteiger partial charge in [0.2, 0.25) is 11.8 Å². The molecule has 1 spiro atoms. The molecule has 3 saturated heterocycles. The Bertz CT molecular complexity index is 1300. The first-order valence-electron chi connectivity index (χ1n) is 11.0. The van der Waals surface area contributed by atoms with Crippen LogP contribution in [0.1, 0.15) is 29.5 Å². The SMILES string of the molecule is Cc1cc(Cl)c2c(c1)[C@]1(C(=O)N2)[C@@H]2C(=O)N(c3ccccc3C(F)(F)F)C(=O)[C@@H]2[C@@H]2CCCN21. The summed E-state index contributed by atoms with van der Waals surface area (Å²) in [4.78, 5) is 43.8. The van der Waals surface area contributed by atoms with Gasteiger partial charge in [-0.05, 0) is 50.1 Å². The maximum Gasteiger partial charge on any atom is 0.418 e. The summed E-state index contributed by atoms with van der Waals surface area (Å²) >= 11 is 6.43. The Morgan fingerprint density at radius 1 is 1.12 bits per heavy atom. The van der Waals surface area contributed by atoms with Gasteiger partial charge in [-0.15, -0.1) is 0 Å². The Labute approximate surface area is 197 Å². The van der Waals surface area contributed by atoms with Gasteiger partial charge in [-0.1, -0.05) is 29.8 Å². The van der Waals surface area contributed by atoms with Gasteiger partial charge in [0.05, 0.1) is 33.8 Å². The molecule has 1 N–H and O–H groups in total. The van der Waals surface area contributed by atoms with Crippen LogP contribution >= 0.6 is 11.6 Å². The van der Waals surface area contributed by atoms with Gasteiger partial charge in [-0.3, -0.25) is 19.3 Å². The summed E-state index contributed by atoms with van der Waals surface area (Å²) in [5.41, 5.74) is -1.39. The summed E-state index contributed by atoms with van der Waals surface area (Å²) in [6, 6.07) is 7.59. The van der Waals surface area contributed by atoms with Crippen LogP contribution < -0.4 is 10.2 Å². The lowest BCUT2D eigenvalue weighted by Gasteiger charge is -2.37. The molecule has 0 saturated carbocycles. The van der Waals surface area contributed by atoms with Gasteiger partial charge in [0, 0.05) is 11.6 Å². The number of nitrogens with one attached hydrogen (secondary N) is 1. The van der Waals surface area contributed by atoms with Crippen LogP contribution in [0.4, 0.5) is 24.5 Å². The van der Waals surface area contributed by atoms with Crippen LogP contribution in [0.2, 0.25) is 5.02 Å². The summed E-state index contributed by atoms with van der Waals surface area (Å²) in [6.45, 7) is 2.31. The highest BCUT2D eigenvalue weighted by molar-refractivity contribution is 6.35. The molecule has 4 atom stereocenters. The van der Waals surface area contributed by atoms with Gasteiger partial charge in [0.1, 0.15) is 5.54 Å². The topological polar surface area (TPSA) is 69.7 Å². The van der Waals surface area contributed by atoms with Gasteiger partial charge in [0.15, 0.2) is 0 Å². The second-order valence-corrected chi connectivity index (χ2v) is 9.73. The van der Waals surface area contributed by atoms with E-state index in [4.69, 9.17) is 11.6 Å². The Kier molecular flexibility index (Phi) is 4.34. The van der Waals surface area contributed by atoms with E-state index in [1.807, 2.05) is 11.8 Å². The number of amides is 3. The number of imide groups is 1. The van der Waals surface area contributed by atoms with Crippen molar-refractivity contribution < 1.29 is 27.6 Å². The number of carbonyl (C=O) groups is 3. The summed E-state index contributed by atoms with van der Waals surface area (Å²) in [6.07, 6.45) is -3.48. The smallest absolute Gasteiger partial charge is 0.323 e. The summed E-state index contributed by atoms with van der Waals surface area (Å²) in [5, 5.41) is 3.12. The van der Waals surface area contributed by atoms with E-state index in [0.29, 0.717) is 40.6 Å². The number of alkyl halides is 3. The number of anilines is 2. The molecular weight excluding hydrogens is 471 g/mol. The zero-order valence-corrected chi connectivity index (χ0v) is 18.7. The number of hydrogen-bond donors (Lipinski definition) is 1. The Morgan fingerprint density at radius 2 is 1.85 bits per heavy atom. The predicted molar refractivity (Wildman–Crippen MR) is 117 cm³/mol. The van der Waals surface area contributed by atoms with E-state index < -0.39 is 58.6 Å². The van der Waals surface area contributed by atoms with Crippen LogP contribution in [-0.4, -0.2) is 35.2 Å². The van der Waals surface area contributed by atoms with Gasteiger partial charge in [0.25, 0.3) is 5.91 Å². The van der Waals surface area contributed by atoms with E-state index in [1.54, 1.807) is 12.1 Å². The quantitative estimate of drug-likeness (QED) is 0.612. The third-order valence-corrected chi connectivity index (χ3v) is 7.95. The fourth-order valence-electron chi connectivity index (χ4n) is 6.54. The van der Waals surface area contributed by atoms with E-state index >= 15 is 0 Å². The molecule has 2 aromatic rings. The number of fused-ring (bicyclic) bond motifs is 7. The highest BCUT2D eigenvalue weighted by Gasteiger charge is 2.75. The number of benzene rings is 2. The number of nitrogens with zero attached hydrogens (tertiary/aromatic N) is 2. The highest BCUT2D eigenvalue weighted by Crippen LogP contribution is 2.61. The van der Waals surface area contributed by atoms with Crippen molar-refractivity contribution in [1.82, 2.24) is 4.90 Å². The number of rotatable bonds is 1. The summed E-state index contributed by atoms with van der Waals surface area (Å²) < 4.78 is 41.3. The molecule has 0 radical (unpaired) electrons. The maximum atomic E-state index is 13.9. The fourth-order valence-corrected chi connectivity index (χ4v) is 6.86. The van der Waals surface area contributed by atoms with Crippen LogP contribution in [0.15, 0.2) is 36.4 Å². The Balaban J connectivity index is 1.58.